The molecule has 1 unspecified atom stereocenters. The smallest absolute Gasteiger partial charge is 0.132 e. The maximum absolute atomic E-state index is 14.1. The molecule has 2 N–H and O–H groups in total. The van der Waals surface area contributed by atoms with E-state index in [1.54, 1.807) is 24.3 Å². The summed E-state index contributed by atoms with van der Waals surface area (Å²) >= 11 is 0. The van der Waals surface area contributed by atoms with Crippen molar-refractivity contribution >= 4 is 16.5 Å². The first-order valence-corrected chi connectivity index (χ1v) is 10.8. The highest BCUT2D eigenvalue weighted by Crippen LogP contribution is 2.38. The van der Waals surface area contributed by atoms with Crippen molar-refractivity contribution in [3.63, 3.8) is 0 Å². The molecule has 0 saturated carbocycles. The molecule has 2 aliphatic heterocycles. The Hall–Kier alpha value is -2.58. The van der Waals surface area contributed by atoms with Gasteiger partial charge in [0.05, 0.1) is 25.3 Å². The van der Waals surface area contributed by atoms with Gasteiger partial charge >= 0.3 is 0 Å². The third kappa shape index (κ3) is 4.14. The number of hydrogen-bond acceptors (Lipinski definition) is 3. The minimum Gasteiger partial charge on any atom is -0.632 e. The van der Waals surface area contributed by atoms with E-state index in [0.29, 0.717) is 19.8 Å². The van der Waals surface area contributed by atoms with E-state index in [2.05, 4.69) is 21.3 Å². The van der Waals surface area contributed by atoms with Gasteiger partial charge in [-0.3, -0.25) is 10.2 Å². The second-order valence-electron chi connectivity index (χ2n) is 8.52. The maximum Gasteiger partial charge on any atom is 0.132 e. The number of benzene rings is 2. The van der Waals surface area contributed by atoms with Gasteiger partial charge in [-0.15, -0.1) is 0 Å². The first kappa shape index (κ1) is 20.3. The lowest BCUT2D eigenvalue weighted by atomic mass is 9.94. The molecule has 1 fully saturated rings. The fourth-order valence-electron chi connectivity index (χ4n) is 4.63. The lowest BCUT2D eigenvalue weighted by molar-refractivity contribution is -0.868. The molecule has 2 aliphatic rings. The molecule has 1 atom stereocenters. The summed E-state index contributed by atoms with van der Waals surface area (Å²) in [5.41, 5.74) is 4.75. The van der Waals surface area contributed by atoms with Crippen molar-refractivity contribution in [1.29, 1.82) is 0 Å². The third-order valence-electron chi connectivity index (χ3n) is 6.43. The summed E-state index contributed by atoms with van der Waals surface area (Å²) in [6.07, 6.45) is 3.00. The minimum absolute atomic E-state index is 0.163. The molecule has 1 saturated heterocycles. The molecule has 31 heavy (non-hydrogen) atoms. The molecule has 3 heterocycles. The third-order valence-corrected chi connectivity index (χ3v) is 6.43. The van der Waals surface area contributed by atoms with Crippen LogP contribution in [0.25, 0.3) is 27.7 Å². The van der Waals surface area contributed by atoms with E-state index < -0.39 is 0 Å². The number of aromatic nitrogens is 1. The zero-order valence-electron chi connectivity index (χ0n) is 17.3. The molecule has 1 aromatic heterocycles. The van der Waals surface area contributed by atoms with Gasteiger partial charge in [0, 0.05) is 36.1 Å². The lowest BCUT2D eigenvalue weighted by Gasteiger charge is -2.39. The zero-order valence-corrected chi connectivity index (χ0v) is 17.3. The van der Waals surface area contributed by atoms with Crippen LogP contribution in [0, 0.1) is 16.8 Å². The van der Waals surface area contributed by atoms with E-state index in [1.165, 1.54) is 18.2 Å². The van der Waals surface area contributed by atoms with Crippen molar-refractivity contribution in [2.75, 3.05) is 45.9 Å². The Morgan fingerprint density at radius 1 is 1.06 bits per heavy atom. The summed E-state index contributed by atoms with van der Waals surface area (Å²) in [7, 11) is 0. The van der Waals surface area contributed by atoms with Gasteiger partial charge in [-0.1, -0.05) is 6.08 Å². The van der Waals surface area contributed by atoms with Crippen LogP contribution in [0.5, 0.6) is 0 Å². The molecule has 0 bridgehead atoms. The van der Waals surface area contributed by atoms with Gasteiger partial charge in [-0.05, 0) is 60.0 Å². The molecule has 0 aliphatic carbocycles. The predicted molar refractivity (Wildman–Crippen MR) is 119 cm³/mol. The van der Waals surface area contributed by atoms with Crippen LogP contribution in [0.15, 0.2) is 48.5 Å². The molecule has 5 rings (SSSR count). The number of hydroxylamine groups is 3. The van der Waals surface area contributed by atoms with Crippen molar-refractivity contribution in [3.8, 4) is 11.3 Å². The lowest BCUT2D eigenvalue weighted by Crippen LogP contribution is -2.46. The molecule has 162 valence electrons. The second-order valence-corrected chi connectivity index (χ2v) is 8.52. The van der Waals surface area contributed by atoms with Crippen LogP contribution in [0.3, 0.4) is 0 Å². The fraction of sp³-hybridized carbons (Fsp3) is 0.333. The number of rotatable bonds is 5. The second kappa shape index (κ2) is 8.16. The van der Waals surface area contributed by atoms with Crippen LogP contribution in [0.2, 0.25) is 0 Å². The van der Waals surface area contributed by atoms with Crippen LogP contribution in [-0.4, -0.2) is 60.5 Å². The van der Waals surface area contributed by atoms with Gasteiger partial charge in [0.15, 0.2) is 0 Å². The molecule has 0 amide bonds. The van der Waals surface area contributed by atoms with E-state index in [1.807, 2.05) is 0 Å². The van der Waals surface area contributed by atoms with Gasteiger partial charge in [-0.2, -0.15) is 0 Å². The van der Waals surface area contributed by atoms with Crippen molar-refractivity contribution in [1.82, 2.24) is 15.2 Å². The highest BCUT2D eigenvalue weighted by Gasteiger charge is 2.25. The zero-order chi connectivity index (χ0) is 21.4. The summed E-state index contributed by atoms with van der Waals surface area (Å²) in [5, 5.41) is 16.6. The van der Waals surface area contributed by atoms with Gasteiger partial charge in [0.1, 0.15) is 18.3 Å². The Balaban J connectivity index is 1.44. The monoisotopic (exact) mass is 424 g/mol. The average Bonchev–Trinajstić information content (AvgIpc) is 3.37. The molecular formula is C24H26F2N4O. The number of fused-ring (bicyclic) bond motifs is 1. The first-order chi connectivity index (χ1) is 15.0. The number of H-pyrrole nitrogens is 1. The number of hydrogen-bond donors (Lipinski definition) is 2. The van der Waals surface area contributed by atoms with E-state index in [4.69, 9.17) is 0 Å². The van der Waals surface area contributed by atoms with Gasteiger partial charge in [0.25, 0.3) is 0 Å². The topological polar surface area (TPSA) is 54.1 Å². The standard InChI is InChI=1S/C24H26F2N4O/c25-19-3-1-18(2-4-19)24-23(21-15-20(26)5-6-22(21)28-24)17-7-10-29(11-8-17)12-14-30(31)13-9-27-16-30/h1-7,15,27-28H,8-14,16H2. The van der Waals surface area contributed by atoms with Crippen LogP contribution in [0.4, 0.5) is 8.78 Å². The molecular weight excluding hydrogens is 398 g/mol. The molecule has 3 aromatic rings. The van der Waals surface area contributed by atoms with E-state index in [0.717, 1.165) is 65.9 Å². The molecule has 2 aromatic carbocycles. The Morgan fingerprint density at radius 3 is 2.58 bits per heavy atom. The Labute approximate surface area is 180 Å². The van der Waals surface area contributed by atoms with Crippen molar-refractivity contribution in [3.05, 3.63) is 70.9 Å². The SMILES string of the molecule is [O-][N+]1(CCN2CC=C(c3c(-c4ccc(F)cc4)[nH]c4ccc(F)cc34)CC2)CCNC1. The van der Waals surface area contributed by atoms with E-state index >= 15 is 0 Å². The Morgan fingerprint density at radius 2 is 1.87 bits per heavy atom. The number of quaternary nitrogens is 1. The molecule has 0 spiro atoms. The highest BCUT2D eigenvalue weighted by molar-refractivity contribution is 6.00. The predicted octanol–water partition coefficient (Wildman–Crippen LogP) is 4.08. The summed E-state index contributed by atoms with van der Waals surface area (Å²) < 4.78 is 27.4. The summed E-state index contributed by atoms with van der Waals surface area (Å²) in [4.78, 5) is 5.71. The number of halogens is 2. The van der Waals surface area contributed by atoms with Crippen LogP contribution in [0.1, 0.15) is 12.0 Å². The first-order valence-electron chi connectivity index (χ1n) is 10.8. The van der Waals surface area contributed by atoms with Crippen molar-refractivity contribution in [2.45, 2.75) is 6.42 Å². The van der Waals surface area contributed by atoms with Crippen molar-refractivity contribution < 1.29 is 13.4 Å². The normalized spacial score (nSPS) is 22.2. The van der Waals surface area contributed by atoms with Gasteiger partial charge in [0.2, 0.25) is 0 Å². The Bertz CT molecular complexity index is 1120. The largest absolute Gasteiger partial charge is 0.632 e. The van der Waals surface area contributed by atoms with E-state index in [-0.39, 0.29) is 16.3 Å². The van der Waals surface area contributed by atoms with Gasteiger partial charge < -0.3 is 14.8 Å². The maximum atomic E-state index is 14.1. The molecule has 5 nitrogen and oxygen atoms in total. The van der Waals surface area contributed by atoms with Crippen LogP contribution in [-0.2, 0) is 0 Å². The number of aromatic amines is 1. The summed E-state index contributed by atoms with van der Waals surface area (Å²) in [6.45, 7) is 4.89. The number of nitrogens with one attached hydrogen (secondary N) is 2. The average molecular weight is 424 g/mol. The quantitative estimate of drug-likeness (QED) is 0.479. The molecule has 0 radical (unpaired) electrons. The van der Waals surface area contributed by atoms with Crippen LogP contribution >= 0.6 is 0 Å². The molecule has 7 heteroatoms. The summed E-state index contributed by atoms with van der Waals surface area (Å²) in [5.74, 6) is -0.563. The van der Waals surface area contributed by atoms with Crippen molar-refractivity contribution in [2.24, 2.45) is 0 Å². The number of nitrogens with zero attached hydrogens (tertiary/aromatic N) is 2. The summed E-state index contributed by atoms with van der Waals surface area (Å²) in [6, 6.07) is 11.1. The fourth-order valence-corrected chi connectivity index (χ4v) is 4.63. The minimum atomic E-state index is -0.285. The van der Waals surface area contributed by atoms with E-state index in [9.17, 15) is 14.0 Å². The van der Waals surface area contributed by atoms with Crippen LogP contribution < -0.4 is 5.32 Å². The highest BCUT2D eigenvalue weighted by atomic mass is 19.1. The van der Waals surface area contributed by atoms with Gasteiger partial charge in [-0.25, -0.2) is 8.78 Å². The Kier molecular flexibility index (Phi) is 5.35.